The summed E-state index contributed by atoms with van der Waals surface area (Å²) in [5.74, 6) is 0.644. The number of hydrogen-bond acceptors (Lipinski definition) is 4. The first-order valence-corrected chi connectivity index (χ1v) is 10.8. The standard InChI is InChI=1S/C20H22N2O4S/c1-13-11-15-12-14(7-8-18(15)22(13)27(2,24)25)20(23)21-17-9-10-26-19-6-4-3-5-16(17)19/h3-8,12-13,17H,9-11H2,1-2H3,(H,21,23)/t13-,17+/m0/s1. The van der Waals surface area contributed by atoms with Crippen molar-refractivity contribution in [2.45, 2.75) is 31.8 Å². The molecule has 0 saturated carbocycles. The lowest BCUT2D eigenvalue weighted by atomic mass is 9.99. The molecule has 2 aromatic rings. The van der Waals surface area contributed by atoms with E-state index in [0.717, 1.165) is 16.9 Å². The molecule has 1 amide bonds. The number of carbonyl (C=O) groups excluding carboxylic acids is 1. The molecule has 2 heterocycles. The highest BCUT2D eigenvalue weighted by Crippen LogP contribution is 2.35. The average Bonchev–Trinajstić information content (AvgIpc) is 2.97. The minimum atomic E-state index is -3.34. The summed E-state index contributed by atoms with van der Waals surface area (Å²) in [6.07, 6.45) is 2.53. The zero-order valence-electron chi connectivity index (χ0n) is 15.3. The summed E-state index contributed by atoms with van der Waals surface area (Å²) in [4.78, 5) is 12.8. The molecule has 0 saturated heterocycles. The van der Waals surface area contributed by atoms with Crippen LogP contribution in [0.25, 0.3) is 0 Å². The maximum Gasteiger partial charge on any atom is 0.251 e. The highest BCUT2D eigenvalue weighted by molar-refractivity contribution is 7.92. The molecule has 142 valence electrons. The molecule has 0 unspecified atom stereocenters. The van der Waals surface area contributed by atoms with Crippen molar-refractivity contribution in [3.05, 3.63) is 59.2 Å². The van der Waals surface area contributed by atoms with Gasteiger partial charge in [-0.15, -0.1) is 0 Å². The van der Waals surface area contributed by atoms with Gasteiger partial charge in [-0.05, 0) is 43.2 Å². The van der Waals surface area contributed by atoms with Crippen molar-refractivity contribution >= 4 is 21.6 Å². The van der Waals surface area contributed by atoms with Crippen LogP contribution in [0.1, 0.15) is 40.9 Å². The smallest absolute Gasteiger partial charge is 0.251 e. The number of hydrogen-bond donors (Lipinski definition) is 1. The van der Waals surface area contributed by atoms with Gasteiger partial charge in [0.15, 0.2) is 0 Å². The molecule has 0 aromatic heterocycles. The summed E-state index contributed by atoms with van der Waals surface area (Å²) in [7, 11) is -3.34. The van der Waals surface area contributed by atoms with Crippen LogP contribution >= 0.6 is 0 Å². The first kappa shape index (κ1) is 17.9. The van der Waals surface area contributed by atoms with Gasteiger partial charge >= 0.3 is 0 Å². The fourth-order valence-corrected chi connectivity index (χ4v) is 5.25. The molecular formula is C20H22N2O4S. The molecule has 0 bridgehead atoms. The number of sulfonamides is 1. The van der Waals surface area contributed by atoms with Gasteiger partial charge in [0.2, 0.25) is 10.0 Å². The predicted octanol–water partition coefficient (Wildman–Crippen LogP) is 2.65. The lowest BCUT2D eigenvalue weighted by molar-refractivity contribution is 0.0924. The van der Waals surface area contributed by atoms with Crippen molar-refractivity contribution in [1.82, 2.24) is 5.32 Å². The van der Waals surface area contributed by atoms with E-state index in [4.69, 9.17) is 4.74 Å². The molecule has 0 spiro atoms. The lowest BCUT2D eigenvalue weighted by Gasteiger charge is -2.26. The first-order chi connectivity index (χ1) is 12.8. The molecule has 27 heavy (non-hydrogen) atoms. The van der Waals surface area contributed by atoms with E-state index in [2.05, 4.69) is 5.32 Å². The molecule has 4 rings (SSSR count). The molecule has 7 heteroatoms. The van der Waals surface area contributed by atoms with Crippen LogP contribution in [0, 0.1) is 0 Å². The normalized spacial score (nSPS) is 21.2. The van der Waals surface area contributed by atoms with E-state index < -0.39 is 10.0 Å². The van der Waals surface area contributed by atoms with Crippen molar-refractivity contribution < 1.29 is 17.9 Å². The second-order valence-electron chi connectivity index (χ2n) is 7.16. The van der Waals surface area contributed by atoms with Crippen molar-refractivity contribution in [2.24, 2.45) is 0 Å². The Morgan fingerprint density at radius 3 is 2.78 bits per heavy atom. The van der Waals surface area contributed by atoms with E-state index in [1.54, 1.807) is 18.2 Å². The summed E-state index contributed by atoms with van der Waals surface area (Å²) in [5.41, 5.74) is 3.07. The SMILES string of the molecule is C[C@H]1Cc2cc(C(=O)N[C@@H]3CCOc4ccccc43)ccc2N1S(C)(=O)=O. The van der Waals surface area contributed by atoms with E-state index in [0.29, 0.717) is 30.7 Å². The highest BCUT2D eigenvalue weighted by atomic mass is 32.2. The van der Waals surface area contributed by atoms with Crippen LogP contribution in [0.4, 0.5) is 5.69 Å². The van der Waals surface area contributed by atoms with Crippen LogP contribution in [0.5, 0.6) is 5.75 Å². The highest BCUT2D eigenvalue weighted by Gasteiger charge is 2.33. The van der Waals surface area contributed by atoms with Crippen LogP contribution in [0.2, 0.25) is 0 Å². The van der Waals surface area contributed by atoms with E-state index in [1.807, 2.05) is 31.2 Å². The molecule has 2 aliphatic heterocycles. The third-order valence-corrected chi connectivity index (χ3v) is 6.39. The van der Waals surface area contributed by atoms with Gasteiger partial charge in [-0.2, -0.15) is 0 Å². The number of rotatable bonds is 3. The minimum absolute atomic E-state index is 0.0952. The van der Waals surface area contributed by atoms with Crippen LogP contribution in [0.15, 0.2) is 42.5 Å². The zero-order valence-corrected chi connectivity index (χ0v) is 16.1. The Hall–Kier alpha value is -2.54. The van der Waals surface area contributed by atoms with Crippen LogP contribution in [0.3, 0.4) is 0 Å². The van der Waals surface area contributed by atoms with Gasteiger partial charge in [-0.3, -0.25) is 9.10 Å². The van der Waals surface area contributed by atoms with E-state index in [1.165, 1.54) is 10.6 Å². The molecule has 1 N–H and O–H groups in total. The molecule has 6 nitrogen and oxygen atoms in total. The Bertz CT molecular complexity index is 1000. The summed E-state index contributed by atoms with van der Waals surface area (Å²) in [5, 5.41) is 3.08. The number of fused-ring (bicyclic) bond motifs is 2. The van der Waals surface area contributed by atoms with Gasteiger partial charge < -0.3 is 10.1 Å². The Labute approximate surface area is 159 Å². The van der Waals surface area contributed by atoms with Gasteiger partial charge in [0, 0.05) is 23.6 Å². The predicted molar refractivity (Wildman–Crippen MR) is 104 cm³/mol. The van der Waals surface area contributed by atoms with Gasteiger partial charge in [0.25, 0.3) is 5.91 Å². The first-order valence-electron chi connectivity index (χ1n) is 8.99. The third kappa shape index (κ3) is 3.27. The van der Waals surface area contributed by atoms with Gasteiger partial charge in [-0.25, -0.2) is 8.42 Å². The lowest BCUT2D eigenvalue weighted by Crippen LogP contribution is -2.34. The molecule has 2 aliphatic rings. The molecule has 0 radical (unpaired) electrons. The van der Waals surface area contributed by atoms with E-state index >= 15 is 0 Å². The minimum Gasteiger partial charge on any atom is -0.493 e. The number of amides is 1. The summed E-state index contributed by atoms with van der Waals surface area (Å²) in [6.45, 7) is 2.44. The summed E-state index contributed by atoms with van der Waals surface area (Å²) >= 11 is 0. The topological polar surface area (TPSA) is 75.7 Å². The molecule has 2 aromatic carbocycles. The van der Waals surface area contributed by atoms with Crippen LogP contribution < -0.4 is 14.4 Å². The fourth-order valence-electron chi connectivity index (χ4n) is 3.98. The van der Waals surface area contributed by atoms with E-state index in [9.17, 15) is 13.2 Å². The monoisotopic (exact) mass is 386 g/mol. The Morgan fingerprint density at radius 2 is 2.00 bits per heavy atom. The van der Waals surface area contributed by atoms with Gasteiger partial charge in [-0.1, -0.05) is 18.2 Å². The van der Waals surface area contributed by atoms with Gasteiger partial charge in [0.1, 0.15) is 5.75 Å². The number of carbonyl (C=O) groups is 1. The van der Waals surface area contributed by atoms with Gasteiger partial charge in [0.05, 0.1) is 24.6 Å². The molecule has 2 atom stereocenters. The number of para-hydroxylation sites is 1. The number of anilines is 1. The molecular weight excluding hydrogens is 364 g/mol. The summed E-state index contributed by atoms with van der Waals surface area (Å²) in [6, 6.07) is 12.7. The van der Waals surface area contributed by atoms with Crippen LogP contribution in [-0.2, 0) is 16.4 Å². The zero-order chi connectivity index (χ0) is 19.2. The Kier molecular flexibility index (Phi) is 4.34. The maximum absolute atomic E-state index is 12.8. The van der Waals surface area contributed by atoms with Crippen molar-refractivity contribution in [3.63, 3.8) is 0 Å². The second kappa shape index (κ2) is 6.56. The number of nitrogens with zero attached hydrogens (tertiary/aromatic N) is 1. The average molecular weight is 386 g/mol. The quantitative estimate of drug-likeness (QED) is 0.880. The number of benzene rings is 2. The van der Waals surface area contributed by atoms with Crippen molar-refractivity contribution in [3.8, 4) is 5.75 Å². The number of ether oxygens (including phenoxy) is 1. The van der Waals surface area contributed by atoms with Crippen LogP contribution in [-0.4, -0.2) is 33.2 Å². The fraction of sp³-hybridized carbons (Fsp3) is 0.350. The maximum atomic E-state index is 12.8. The second-order valence-corrected chi connectivity index (χ2v) is 9.02. The van der Waals surface area contributed by atoms with Crippen molar-refractivity contribution in [2.75, 3.05) is 17.2 Å². The van der Waals surface area contributed by atoms with E-state index in [-0.39, 0.29) is 18.0 Å². The Morgan fingerprint density at radius 1 is 1.22 bits per heavy atom. The Balaban J connectivity index is 1.58. The largest absolute Gasteiger partial charge is 0.493 e. The molecule has 0 aliphatic carbocycles. The summed E-state index contributed by atoms with van der Waals surface area (Å²) < 4.78 is 31.2. The third-order valence-electron chi connectivity index (χ3n) is 5.12. The molecule has 0 fully saturated rings. The number of nitrogens with one attached hydrogen (secondary N) is 1. The van der Waals surface area contributed by atoms with Crippen molar-refractivity contribution in [1.29, 1.82) is 0 Å².